The first-order chi connectivity index (χ1) is 14.8. The number of nitro benzene ring substituents is 1. The number of likely N-dealkylation sites (tertiary alicyclic amines) is 1. The Balaban J connectivity index is 1.78. The van der Waals surface area contributed by atoms with Crippen LogP contribution in [0.3, 0.4) is 0 Å². The third kappa shape index (κ3) is 4.91. The largest absolute Gasteiger partial charge is 0.497 e. The Kier molecular flexibility index (Phi) is 7.01. The smallest absolute Gasteiger partial charge is 0.283 e. The van der Waals surface area contributed by atoms with Crippen LogP contribution in [0.4, 0.5) is 5.69 Å². The van der Waals surface area contributed by atoms with Gasteiger partial charge in [-0.25, -0.2) is 0 Å². The molecule has 164 valence electrons. The van der Waals surface area contributed by atoms with E-state index in [2.05, 4.69) is 0 Å². The Morgan fingerprint density at radius 2 is 2.00 bits per heavy atom. The van der Waals surface area contributed by atoms with E-state index < -0.39 is 10.8 Å². The number of hydrogen-bond donors (Lipinski definition) is 1. The number of thioether (sulfide) groups is 1. The molecule has 9 nitrogen and oxygen atoms in total. The van der Waals surface area contributed by atoms with E-state index in [1.54, 1.807) is 25.2 Å². The van der Waals surface area contributed by atoms with Crippen molar-refractivity contribution in [1.82, 2.24) is 4.90 Å². The number of nitrogens with zero attached hydrogens (tertiary/aromatic N) is 2. The topological polar surface area (TPSA) is 125 Å². The molecule has 2 amide bonds. The second kappa shape index (κ2) is 9.69. The van der Waals surface area contributed by atoms with Crippen molar-refractivity contribution in [2.24, 2.45) is 5.73 Å². The summed E-state index contributed by atoms with van der Waals surface area (Å²) >= 11 is 1.06. The van der Waals surface area contributed by atoms with Gasteiger partial charge in [0.1, 0.15) is 11.5 Å². The van der Waals surface area contributed by atoms with Crippen molar-refractivity contribution in [2.75, 3.05) is 26.5 Å². The van der Waals surface area contributed by atoms with Crippen molar-refractivity contribution >= 4 is 29.3 Å². The quantitative estimate of drug-likeness (QED) is 0.376. The van der Waals surface area contributed by atoms with E-state index >= 15 is 0 Å². The molecule has 1 aliphatic rings. The van der Waals surface area contributed by atoms with E-state index in [0.717, 1.165) is 36.2 Å². The van der Waals surface area contributed by atoms with Crippen molar-refractivity contribution < 1.29 is 24.0 Å². The number of amides is 2. The number of benzene rings is 2. The van der Waals surface area contributed by atoms with Crippen molar-refractivity contribution in [3.05, 3.63) is 57.6 Å². The molecule has 1 heterocycles. The molecule has 0 radical (unpaired) electrons. The summed E-state index contributed by atoms with van der Waals surface area (Å²) in [4.78, 5) is 37.2. The zero-order chi connectivity index (χ0) is 22.5. The number of carbonyl (C=O) groups is 2. The summed E-state index contributed by atoms with van der Waals surface area (Å²) in [5, 5.41) is 11.4. The van der Waals surface area contributed by atoms with E-state index in [4.69, 9.17) is 15.2 Å². The fraction of sp³-hybridized carbons (Fsp3) is 0.333. The summed E-state index contributed by atoms with van der Waals surface area (Å²) in [6.07, 6.45) is 1.63. The van der Waals surface area contributed by atoms with Gasteiger partial charge >= 0.3 is 0 Å². The summed E-state index contributed by atoms with van der Waals surface area (Å²) in [7, 11) is 3.16. The van der Waals surface area contributed by atoms with Gasteiger partial charge in [-0.1, -0.05) is 0 Å². The average molecular weight is 445 g/mol. The number of nitrogens with two attached hydrogens (primary N) is 1. The van der Waals surface area contributed by atoms with Crippen LogP contribution in [0.1, 0.15) is 34.8 Å². The van der Waals surface area contributed by atoms with Crippen molar-refractivity contribution in [3.63, 3.8) is 0 Å². The molecule has 0 spiro atoms. The van der Waals surface area contributed by atoms with Gasteiger partial charge in [0.15, 0.2) is 0 Å². The summed E-state index contributed by atoms with van der Waals surface area (Å²) in [5.74, 6) is 0.499. The van der Waals surface area contributed by atoms with Crippen LogP contribution in [0.25, 0.3) is 0 Å². The normalized spacial score (nSPS) is 15.5. The molecule has 2 aromatic carbocycles. The number of rotatable bonds is 8. The zero-order valence-electron chi connectivity index (χ0n) is 17.2. The van der Waals surface area contributed by atoms with E-state index in [1.807, 2.05) is 12.1 Å². The second-order valence-electron chi connectivity index (χ2n) is 6.95. The Hall–Kier alpha value is -3.27. The number of methoxy groups -OCH3 is 2. The molecule has 1 aliphatic heterocycles. The van der Waals surface area contributed by atoms with Gasteiger partial charge in [-0.15, -0.1) is 11.8 Å². The van der Waals surface area contributed by atoms with Crippen LogP contribution in [0.15, 0.2) is 41.3 Å². The lowest BCUT2D eigenvalue weighted by Gasteiger charge is -2.26. The summed E-state index contributed by atoms with van der Waals surface area (Å²) in [5.41, 5.74) is 5.87. The lowest BCUT2D eigenvalue weighted by Crippen LogP contribution is -2.32. The molecule has 0 bridgehead atoms. The fourth-order valence-corrected chi connectivity index (χ4v) is 4.54. The predicted molar refractivity (Wildman–Crippen MR) is 116 cm³/mol. The monoisotopic (exact) mass is 445 g/mol. The van der Waals surface area contributed by atoms with Crippen LogP contribution in [-0.4, -0.2) is 48.2 Å². The molecule has 0 aromatic heterocycles. The van der Waals surface area contributed by atoms with Crippen LogP contribution in [-0.2, 0) is 4.79 Å². The van der Waals surface area contributed by atoms with Crippen molar-refractivity contribution in [1.29, 1.82) is 0 Å². The highest BCUT2D eigenvalue weighted by Crippen LogP contribution is 2.39. The van der Waals surface area contributed by atoms with Gasteiger partial charge in [-0.05, 0) is 43.2 Å². The molecule has 1 unspecified atom stereocenters. The lowest BCUT2D eigenvalue weighted by atomic mass is 10.0. The molecule has 1 fully saturated rings. The Labute approximate surface area is 183 Å². The molecule has 2 N–H and O–H groups in total. The van der Waals surface area contributed by atoms with Crippen molar-refractivity contribution in [2.45, 2.75) is 23.8 Å². The van der Waals surface area contributed by atoms with E-state index in [9.17, 15) is 19.7 Å². The maximum Gasteiger partial charge on any atom is 0.283 e. The Morgan fingerprint density at radius 3 is 2.65 bits per heavy atom. The van der Waals surface area contributed by atoms with Gasteiger partial charge in [0.05, 0.1) is 35.8 Å². The minimum absolute atomic E-state index is 0.0273. The van der Waals surface area contributed by atoms with E-state index in [1.165, 1.54) is 12.1 Å². The third-order valence-electron chi connectivity index (χ3n) is 5.16. The standard InChI is InChI=1S/C21H23N3O6S/c1-29-14-6-7-18(30-2)15(11-14)16-4-3-9-23(16)20(25)12-31-19-8-5-13(21(22)26)10-17(19)24(27)28/h5-8,10-11,16H,3-4,9,12H2,1-2H3,(H2,22,26). The van der Waals surface area contributed by atoms with Crippen LogP contribution in [0.2, 0.25) is 0 Å². The summed E-state index contributed by atoms with van der Waals surface area (Å²) in [6.45, 7) is 0.590. The minimum atomic E-state index is -0.747. The highest BCUT2D eigenvalue weighted by Gasteiger charge is 2.32. The van der Waals surface area contributed by atoms with Gasteiger partial charge in [0.25, 0.3) is 5.69 Å². The maximum atomic E-state index is 13.0. The van der Waals surface area contributed by atoms with Crippen LogP contribution in [0, 0.1) is 10.1 Å². The molecule has 1 saturated heterocycles. The maximum absolute atomic E-state index is 13.0. The average Bonchev–Trinajstić information content (AvgIpc) is 3.26. The number of ether oxygens (including phenoxy) is 2. The van der Waals surface area contributed by atoms with Gasteiger partial charge < -0.3 is 20.1 Å². The van der Waals surface area contributed by atoms with Crippen molar-refractivity contribution in [3.8, 4) is 11.5 Å². The highest BCUT2D eigenvalue weighted by molar-refractivity contribution is 8.00. The molecule has 10 heteroatoms. The predicted octanol–water partition coefficient (Wildman–Crippen LogP) is 3.17. The third-order valence-corrected chi connectivity index (χ3v) is 6.21. The molecular weight excluding hydrogens is 422 g/mol. The molecule has 1 atom stereocenters. The first-order valence-electron chi connectivity index (χ1n) is 9.58. The fourth-order valence-electron chi connectivity index (χ4n) is 3.65. The van der Waals surface area contributed by atoms with Gasteiger partial charge in [-0.3, -0.25) is 19.7 Å². The second-order valence-corrected chi connectivity index (χ2v) is 7.96. The van der Waals surface area contributed by atoms with Gasteiger partial charge in [0, 0.05) is 23.7 Å². The number of hydrogen-bond acceptors (Lipinski definition) is 7. The minimum Gasteiger partial charge on any atom is -0.497 e. The highest BCUT2D eigenvalue weighted by atomic mass is 32.2. The van der Waals surface area contributed by atoms with E-state index in [0.29, 0.717) is 22.9 Å². The molecule has 3 rings (SSSR count). The van der Waals surface area contributed by atoms with Gasteiger partial charge in [0.2, 0.25) is 11.8 Å². The molecule has 2 aromatic rings. The van der Waals surface area contributed by atoms with E-state index in [-0.39, 0.29) is 29.0 Å². The van der Waals surface area contributed by atoms with Crippen LogP contribution >= 0.6 is 11.8 Å². The number of carbonyl (C=O) groups excluding carboxylic acids is 2. The molecular formula is C21H23N3O6S. The van der Waals surface area contributed by atoms with Crippen LogP contribution in [0.5, 0.6) is 11.5 Å². The first kappa shape index (κ1) is 22.4. The number of primary amides is 1. The summed E-state index contributed by atoms with van der Waals surface area (Å²) < 4.78 is 10.8. The summed E-state index contributed by atoms with van der Waals surface area (Å²) in [6, 6.07) is 9.32. The Bertz CT molecular complexity index is 1010. The zero-order valence-corrected chi connectivity index (χ0v) is 18.0. The van der Waals surface area contributed by atoms with Gasteiger partial charge in [-0.2, -0.15) is 0 Å². The molecule has 0 aliphatic carbocycles. The SMILES string of the molecule is COc1ccc(OC)c(C2CCCN2C(=O)CSc2ccc(C(N)=O)cc2[N+](=O)[O-])c1. The first-order valence-corrected chi connectivity index (χ1v) is 10.6. The number of nitro groups is 1. The lowest BCUT2D eigenvalue weighted by molar-refractivity contribution is -0.387. The molecule has 0 saturated carbocycles. The Morgan fingerprint density at radius 1 is 1.23 bits per heavy atom. The molecule has 31 heavy (non-hydrogen) atoms. The van der Waals surface area contributed by atoms with Crippen LogP contribution < -0.4 is 15.2 Å².